The molecule has 0 saturated heterocycles. The van der Waals surface area contributed by atoms with Crippen LogP contribution in [-0.2, 0) is 0 Å². The maximum atomic E-state index is 4.44. The molecule has 1 unspecified atom stereocenters. The summed E-state index contributed by atoms with van der Waals surface area (Å²) >= 11 is 0. The van der Waals surface area contributed by atoms with Gasteiger partial charge in [0.15, 0.2) is 0 Å². The van der Waals surface area contributed by atoms with Crippen LogP contribution in [0.15, 0.2) is 36.8 Å². The van der Waals surface area contributed by atoms with E-state index < -0.39 is 0 Å². The minimum Gasteiger partial charge on any atom is -0.308 e. The largest absolute Gasteiger partial charge is 0.308 e. The van der Waals surface area contributed by atoms with Gasteiger partial charge in [0.25, 0.3) is 0 Å². The molecule has 0 aromatic carbocycles. The molecule has 0 radical (unpaired) electrons. The van der Waals surface area contributed by atoms with E-state index in [1.165, 1.54) is 16.7 Å². The van der Waals surface area contributed by atoms with E-state index in [9.17, 15) is 0 Å². The van der Waals surface area contributed by atoms with E-state index in [2.05, 4.69) is 35.2 Å². The van der Waals surface area contributed by atoms with Crippen molar-refractivity contribution >= 4 is 0 Å². The van der Waals surface area contributed by atoms with Gasteiger partial charge in [0.2, 0.25) is 0 Å². The smallest absolute Gasteiger partial charge is 0.0766 e. The number of nitrogens with zero attached hydrogens (tertiary/aromatic N) is 2. The molecule has 0 bridgehead atoms. The summed E-state index contributed by atoms with van der Waals surface area (Å²) in [5, 5.41) is 3.30. The van der Waals surface area contributed by atoms with Crippen molar-refractivity contribution in [2.45, 2.75) is 19.9 Å². The van der Waals surface area contributed by atoms with E-state index in [0.29, 0.717) is 0 Å². The average Bonchev–Trinajstić information content (AvgIpc) is 2.33. The van der Waals surface area contributed by atoms with Gasteiger partial charge < -0.3 is 5.32 Å². The molecule has 1 atom stereocenters. The van der Waals surface area contributed by atoms with Crippen LogP contribution in [0.25, 0.3) is 0 Å². The van der Waals surface area contributed by atoms with Gasteiger partial charge in [0.05, 0.1) is 11.7 Å². The Hall–Kier alpha value is -1.74. The predicted molar refractivity (Wildman–Crippen MR) is 68.9 cm³/mol. The maximum Gasteiger partial charge on any atom is 0.0766 e. The Morgan fingerprint density at radius 1 is 1.18 bits per heavy atom. The Labute approximate surface area is 102 Å². The standard InChI is InChI=1S/C14H17N3/c1-10-4-7-17-13(8-10)14(15-3)12-9-16-6-5-11(12)2/h4-9,14-15H,1-3H3. The van der Waals surface area contributed by atoms with E-state index in [4.69, 9.17) is 0 Å². The van der Waals surface area contributed by atoms with Crippen molar-refractivity contribution in [3.63, 3.8) is 0 Å². The zero-order chi connectivity index (χ0) is 12.3. The Bertz CT molecular complexity index is 508. The van der Waals surface area contributed by atoms with Gasteiger partial charge in [-0.2, -0.15) is 0 Å². The van der Waals surface area contributed by atoms with Gasteiger partial charge >= 0.3 is 0 Å². The molecule has 88 valence electrons. The van der Waals surface area contributed by atoms with Gasteiger partial charge in [-0.1, -0.05) is 0 Å². The highest BCUT2D eigenvalue weighted by atomic mass is 14.9. The Kier molecular flexibility index (Phi) is 3.49. The summed E-state index contributed by atoms with van der Waals surface area (Å²) in [7, 11) is 1.95. The molecule has 0 spiro atoms. The predicted octanol–water partition coefficient (Wildman–Crippen LogP) is 2.40. The summed E-state index contributed by atoms with van der Waals surface area (Å²) in [6.07, 6.45) is 5.57. The topological polar surface area (TPSA) is 37.8 Å². The first-order valence-electron chi connectivity index (χ1n) is 5.72. The fraction of sp³-hybridized carbons (Fsp3) is 0.286. The summed E-state index contributed by atoms with van der Waals surface area (Å²) in [6.45, 7) is 4.17. The molecule has 2 rings (SSSR count). The van der Waals surface area contributed by atoms with Crippen LogP contribution in [0.1, 0.15) is 28.4 Å². The Balaban J connectivity index is 2.44. The summed E-state index contributed by atoms with van der Waals surface area (Å²) < 4.78 is 0. The third kappa shape index (κ3) is 2.50. The van der Waals surface area contributed by atoms with Crippen molar-refractivity contribution in [2.75, 3.05) is 7.05 Å². The third-order valence-corrected chi connectivity index (χ3v) is 2.91. The van der Waals surface area contributed by atoms with Gasteiger partial charge in [-0.05, 0) is 55.8 Å². The SMILES string of the molecule is CNC(c1cc(C)ccn1)c1cnccc1C. The molecule has 3 heteroatoms. The molecular formula is C14H17N3. The highest BCUT2D eigenvalue weighted by Gasteiger charge is 2.15. The van der Waals surface area contributed by atoms with Crippen LogP contribution in [0.3, 0.4) is 0 Å². The highest BCUT2D eigenvalue weighted by molar-refractivity contribution is 5.32. The monoisotopic (exact) mass is 227 g/mol. The lowest BCUT2D eigenvalue weighted by Crippen LogP contribution is -2.20. The summed E-state index contributed by atoms with van der Waals surface area (Å²) in [5.41, 5.74) is 4.65. The van der Waals surface area contributed by atoms with Crippen molar-refractivity contribution in [3.8, 4) is 0 Å². The molecule has 17 heavy (non-hydrogen) atoms. The average molecular weight is 227 g/mol. The maximum absolute atomic E-state index is 4.44. The van der Waals surface area contributed by atoms with Gasteiger partial charge in [0, 0.05) is 18.6 Å². The zero-order valence-electron chi connectivity index (χ0n) is 10.4. The molecule has 0 aliphatic carbocycles. The van der Waals surface area contributed by atoms with Crippen molar-refractivity contribution < 1.29 is 0 Å². The van der Waals surface area contributed by atoms with Gasteiger partial charge in [-0.25, -0.2) is 0 Å². The van der Waals surface area contributed by atoms with Crippen molar-refractivity contribution in [1.29, 1.82) is 0 Å². The van der Waals surface area contributed by atoms with Crippen LogP contribution in [-0.4, -0.2) is 17.0 Å². The lowest BCUT2D eigenvalue weighted by molar-refractivity contribution is 0.663. The first-order chi connectivity index (χ1) is 8.22. The van der Waals surface area contributed by atoms with Crippen LogP contribution < -0.4 is 5.32 Å². The number of hydrogen-bond acceptors (Lipinski definition) is 3. The lowest BCUT2D eigenvalue weighted by atomic mass is 10.00. The first kappa shape index (κ1) is 11.7. The van der Waals surface area contributed by atoms with Crippen LogP contribution >= 0.6 is 0 Å². The molecule has 0 fully saturated rings. The van der Waals surface area contributed by atoms with Gasteiger partial charge in [-0.15, -0.1) is 0 Å². The van der Waals surface area contributed by atoms with Gasteiger partial charge in [-0.3, -0.25) is 9.97 Å². The second kappa shape index (κ2) is 5.06. The first-order valence-corrected chi connectivity index (χ1v) is 5.72. The minimum atomic E-state index is 0.101. The van der Waals surface area contributed by atoms with E-state index in [0.717, 1.165) is 5.69 Å². The molecule has 2 aromatic heterocycles. The molecule has 1 N–H and O–H groups in total. The third-order valence-electron chi connectivity index (χ3n) is 2.91. The molecule has 3 nitrogen and oxygen atoms in total. The quantitative estimate of drug-likeness (QED) is 0.875. The molecule has 0 aliphatic heterocycles. The minimum absolute atomic E-state index is 0.101. The van der Waals surface area contributed by atoms with Crippen LogP contribution in [0.2, 0.25) is 0 Å². The second-order valence-electron chi connectivity index (χ2n) is 4.21. The summed E-state index contributed by atoms with van der Waals surface area (Å²) in [4.78, 5) is 8.63. The summed E-state index contributed by atoms with van der Waals surface area (Å²) in [6, 6.07) is 6.23. The molecule has 2 aromatic rings. The molecule has 0 saturated carbocycles. The number of nitrogens with one attached hydrogen (secondary N) is 1. The second-order valence-corrected chi connectivity index (χ2v) is 4.21. The normalized spacial score (nSPS) is 12.4. The number of pyridine rings is 2. The Morgan fingerprint density at radius 2 is 2.00 bits per heavy atom. The Morgan fingerprint density at radius 3 is 2.65 bits per heavy atom. The number of aryl methyl sites for hydroxylation is 2. The number of rotatable bonds is 3. The van der Waals surface area contributed by atoms with E-state index in [-0.39, 0.29) is 6.04 Å². The van der Waals surface area contributed by atoms with Crippen molar-refractivity contribution in [2.24, 2.45) is 0 Å². The summed E-state index contributed by atoms with van der Waals surface area (Å²) in [5.74, 6) is 0. The van der Waals surface area contributed by atoms with Crippen LogP contribution in [0.5, 0.6) is 0 Å². The van der Waals surface area contributed by atoms with Crippen LogP contribution in [0, 0.1) is 13.8 Å². The van der Waals surface area contributed by atoms with Crippen molar-refractivity contribution in [3.05, 3.63) is 59.2 Å². The molecule has 2 heterocycles. The molecular weight excluding hydrogens is 210 g/mol. The van der Waals surface area contributed by atoms with E-state index >= 15 is 0 Å². The fourth-order valence-electron chi connectivity index (χ4n) is 1.96. The lowest BCUT2D eigenvalue weighted by Gasteiger charge is -2.18. The molecule has 0 aliphatic rings. The van der Waals surface area contributed by atoms with E-state index in [1.54, 1.807) is 0 Å². The molecule has 0 amide bonds. The number of hydrogen-bond donors (Lipinski definition) is 1. The highest BCUT2D eigenvalue weighted by Crippen LogP contribution is 2.22. The van der Waals surface area contributed by atoms with Crippen LogP contribution in [0.4, 0.5) is 0 Å². The van der Waals surface area contributed by atoms with E-state index in [1.807, 2.05) is 37.8 Å². The van der Waals surface area contributed by atoms with Crippen molar-refractivity contribution in [1.82, 2.24) is 15.3 Å². The van der Waals surface area contributed by atoms with Gasteiger partial charge in [0.1, 0.15) is 0 Å². The fourth-order valence-corrected chi connectivity index (χ4v) is 1.96. The number of aromatic nitrogens is 2. The zero-order valence-corrected chi connectivity index (χ0v) is 10.4.